The lowest BCUT2D eigenvalue weighted by molar-refractivity contribution is -0.356. The summed E-state index contributed by atoms with van der Waals surface area (Å²) in [5, 5.41) is 58.5. The second kappa shape index (κ2) is 6.41. The molecule has 0 aliphatic carbocycles. The van der Waals surface area contributed by atoms with E-state index in [-0.39, 0.29) is 0 Å². The molecule has 2 aliphatic rings. The summed E-state index contributed by atoms with van der Waals surface area (Å²) in [5.74, 6) is 0. The van der Waals surface area contributed by atoms with E-state index >= 15 is 0 Å². The Hall–Kier alpha value is -0.360. The Labute approximate surface area is 121 Å². The van der Waals surface area contributed by atoms with Crippen LogP contribution >= 0.6 is 0 Å². The molecule has 0 spiro atoms. The van der Waals surface area contributed by atoms with Crippen LogP contribution in [0.15, 0.2) is 0 Å². The van der Waals surface area contributed by atoms with Crippen molar-refractivity contribution in [2.45, 2.75) is 75.3 Å². The molecule has 124 valence electrons. The van der Waals surface area contributed by atoms with Gasteiger partial charge >= 0.3 is 0 Å². The summed E-state index contributed by atoms with van der Waals surface area (Å²) >= 11 is 0. The summed E-state index contributed by atoms with van der Waals surface area (Å²) in [7, 11) is 0. The topological polar surface area (TPSA) is 149 Å². The molecule has 9 nitrogen and oxygen atoms in total. The van der Waals surface area contributed by atoms with Crippen LogP contribution in [0.4, 0.5) is 0 Å². The van der Waals surface area contributed by atoms with Gasteiger partial charge in [-0.25, -0.2) is 0 Å². The highest BCUT2D eigenvalue weighted by atomic mass is 16.7. The van der Waals surface area contributed by atoms with Gasteiger partial charge in [0.15, 0.2) is 12.6 Å². The van der Waals surface area contributed by atoms with E-state index in [0.29, 0.717) is 0 Å². The molecule has 9 heteroatoms. The SMILES string of the molecule is C[C@@H]1O[C@H](O[C@@H]2[C@H](O)[C@@H](O)[C@H](C)O[C@@H]2O)[C@H](O)[C@H](O)[C@H]1O. The zero-order chi connectivity index (χ0) is 15.9. The zero-order valence-corrected chi connectivity index (χ0v) is 11.7. The van der Waals surface area contributed by atoms with E-state index in [0.717, 1.165) is 0 Å². The Morgan fingerprint density at radius 3 is 1.81 bits per heavy atom. The first kappa shape index (κ1) is 17.0. The molecule has 10 atom stereocenters. The highest BCUT2D eigenvalue weighted by molar-refractivity contribution is 4.91. The second-order valence-corrected chi connectivity index (χ2v) is 5.50. The van der Waals surface area contributed by atoms with Gasteiger partial charge in [-0.2, -0.15) is 0 Å². The predicted octanol–water partition coefficient (Wildman–Crippen LogP) is -3.34. The Kier molecular flexibility index (Phi) is 5.19. The first-order valence-corrected chi connectivity index (χ1v) is 6.78. The Morgan fingerprint density at radius 2 is 1.19 bits per heavy atom. The molecule has 0 saturated carbocycles. The minimum absolute atomic E-state index is 0.793. The number of aliphatic hydroxyl groups is 6. The number of ether oxygens (including phenoxy) is 3. The lowest BCUT2D eigenvalue weighted by atomic mass is 9.98. The monoisotopic (exact) mass is 310 g/mol. The maximum Gasteiger partial charge on any atom is 0.187 e. The lowest BCUT2D eigenvalue weighted by Gasteiger charge is -2.44. The summed E-state index contributed by atoms with van der Waals surface area (Å²) in [6.07, 6.45) is -13.0. The molecule has 2 heterocycles. The largest absolute Gasteiger partial charge is 0.388 e. The van der Waals surface area contributed by atoms with E-state index in [1.165, 1.54) is 13.8 Å². The normalized spacial score (nSPS) is 55.4. The van der Waals surface area contributed by atoms with E-state index in [4.69, 9.17) is 14.2 Å². The highest BCUT2D eigenvalue weighted by Gasteiger charge is 2.48. The van der Waals surface area contributed by atoms with Gasteiger partial charge in [-0.15, -0.1) is 0 Å². The van der Waals surface area contributed by atoms with Gasteiger partial charge in [-0.3, -0.25) is 0 Å². The molecule has 6 N–H and O–H groups in total. The van der Waals surface area contributed by atoms with Gasteiger partial charge in [0.25, 0.3) is 0 Å². The zero-order valence-electron chi connectivity index (χ0n) is 11.7. The Balaban J connectivity index is 2.06. The predicted molar refractivity (Wildman–Crippen MR) is 65.8 cm³/mol. The molecule has 0 amide bonds. The van der Waals surface area contributed by atoms with Crippen LogP contribution in [0.2, 0.25) is 0 Å². The van der Waals surface area contributed by atoms with Crippen molar-refractivity contribution in [2.24, 2.45) is 0 Å². The van der Waals surface area contributed by atoms with Gasteiger partial charge in [0.1, 0.15) is 36.6 Å². The summed E-state index contributed by atoms with van der Waals surface area (Å²) < 4.78 is 15.5. The standard InChI is InChI=1S/C12H22O9/c1-3-6(14)8(16)10(11(18)19-3)21-12-9(17)7(15)5(13)4(2)20-12/h3-18H,1-2H3/t3-,4-,5-,6-,7+,8+,9+,10+,11-,12+/m0/s1. The van der Waals surface area contributed by atoms with Crippen LogP contribution in [0.5, 0.6) is 0 Å². The van der Waals surface area contributed by atoms with Crippen LogP contribution in [0.25, 0.3) is 0 Å². The molecular formula is C12H22O9. The van der Waals surface area contributed by atoms with E-state index in [1.54, 1.807) is 0 Å². The fourth-order valence-electron chi connectivity index (χ4n) is 2.45. The second-order valence-electron chi connectivity index (χ2n) is 5.50. The number of hydrogen-bond acceptors (Lipinski definition) is 9. The van der Waals surface area contributed by atoms with Gasteiger partial charge in [0.2, 0.25) is 0 Å². The number of rotatable bonds is 2. The minimum atomic E-state index is -1.58. The van der Waals surface area contributed by atoms with Crippen LogP contribution in [0.1, 0.15) is 13.8 Å². The maximum atomic E-state index is 9.91. The van der Waals surface area contributed by atoms with Crippen molar-refractivity contribution < 1.29 is 44.8 Å². The van der Waals surface area contributed by atoms with E-state index in [9.17, 15) is 30.6 Å². The van der Waals surface area contributed by atoms with Crippen LogP contribution in [-0.2, 0) is 14.2 Å². The van der Waals surface area contributed by atoms with Gasteiger partial charge in [0.05, 0.1) is 12.2 Å². The fourth-order valence-corrected chi connectivity index (χ4v) is 2.45. The van der Waals surface area contributed by atoms with Crippen molar-refractivity contribution in [1.29, 1.82) is 0 Å². The molecule has 0 radical (unpaired) electrons. The quantitative estimate of drug-likeness (QED) is 0.308. The Morgan fingerprint density at radius 1 is 0.667 bits per heavy atom. The van der Waals surface area contributed by atoms with Crippen molar-refractivity contribution in [3.05, 3.63) is 0 Å². The third-order valence-electron chi connectivity index (χ3n) is 3.90. The third kappa shape index (κ3) is 3.21. The van der Waals surface area contributed by atoms with Gasteiger partial charge < -0.3 is 44.8 Å². The van der Waals surface area contributed by atoms with Crippen molar-refractivity contribution >= 4 is 0 Å². The molecule has 0 aromatic rings. The van der Waals surface area contributed by atoms with Crippen molar-refractivity contribution in [2.75, 3.05) is 0 Å². The molecule has 2 aliphatic heterocycles. The molecule has 0 aromatic carbocycles. The molecule has 0 unspecified atom stereocenters. The van der Waals surface area contributed by atoms with Gasteiger partial charge in [-0.05, 0) is 13.8 Å². The van der Waals surface area contributed by atoms with E-state index in [2.05, 4.69) is 0 Å². The maximum absolute atomic E-state index is 9.91. The third-order valence-corrected chi connectivity index (χ3v) is 3.90. The first-order valence-electron chi connectivity index (χ1n) is 6.78. The Bertz CT molecular complexity index is 354. The van der Waals surface area contributed by atoms with Crippen molar-refractivity contribution in [3.8, 4) is 0 Å². The summed E-state index contributed by atoms with van der Waals surface area (Å²) in [5.41, 5.74) is 0. The first-order chi connectivity index (χ1) is 9.73. The molecule has 2 saturated heterocycles. The minimum Gasteiger partial charge on any atom is -0.388 e. The average molecular weight is 310 g/mol. The van der Waals surface area contributed by atoms with E-state index < -0.39 is 61.4 Å². The van der Waals surface area contributed by atoms with Crippen LogP contribution in [0, 0.1) is 0 Å². The molecule has 2 rings (SSSR count). The summed E-state index contributed by atoms with van der Waals surface area (Å²) in [6, 6.07) is 0. The van der Waals surface area contributed by atoms with Gasteiger partial charge in [0, 0.05) is 0 Å². The summed E-state index contributed by atoms with van der Waals surface area (Å²) in [4.78, 5) is 0. The fraction of sp³-hybridized carbons (Fsp3) is 1.00. The molecular weight excluding hydrogens is 288 g/mol. The summed E-state index contributed by atoms with van der Waals surface area (Å²) in [6.45, 7) is 2.94. The van der Waals surface area contributed by atoms with Crippen molar-refractivity contribution in [1.82, 2.24) is 0 Å². The molecule has 2 fully saturated rings. The molecule has 21 heavy (non-hydrogen) atoms. The lowest BCUT2D eigenvalue weighted by Crippen LogP contribution is -2.62. The number of hydrogen-bond donors (Lipinski definition) is 6. The smallest absolute Gasteiger partial charge is 0.187 e. The van der Waals surface area contributed by atoms with Crippen LogP contribution in [0.3, 0.4) is 0 Å². The molecule has 0 aromatic heterocycles. The average Bonchev–Trinajstić information content (AvgIpc) is 2.44. The highest BCUT2D eigenvalue weighted by Crippen LogP contribution is 2.28. The van der Waals surface area contributed by atoms with E-state index in [1.807, 2.05) is 0 Å². The molecule has 0 bridgehead atoms. The van der Waals surface area contributed by atoms with Gasteiger partial charge in [-0.1, -0.05) is 0 Å². The van der Waals surface area contributed by atoms with Crippen molar-refractivity contribution in [3.63, 3.8) is 0 Å². The van der Waals surface area contributed by atoms with Crippen LogP contribution < -0.4 is 0 Å². The number of aliphatic hydroxyl groups excluding tert-OH is 6. The van der Waals surface area contributed by atoms with Crippen LogP contribution in [-0.4, -0.2) is 92.1 Å².